The first kappa shape index (κ1) is 29.6. The minimum absolute atomic E-state index is 0.00458. The van der Waals surface area contributed by atoms with Crippen LogP contribution in [0.15, 0.2) is 73.8 Å². The van der Waals surface area contributed by atoms with E-state index in [1.807, 2.05) is 0 Å². The van der Waals surface area contributed by atoms with Gasteiger partial charge in [-0.3, -0.25) is 9.59 Å². The highest BCUT2D eigenvalue weighted by molar-refractivity contribution is 7.17. The summed E-state index contributed by atoms with van der Waals surface area (Å²) in [5, 5.41) is 6.32. The van der Waals surface area contributed by atoms with Gasteiger partial charge in [0.05, 0.1) is 17.7 Å². The van der Waals surface area contributed by atoms with E-state index in [4.69, 9.17) is 14.2 Å². The van der Waals surface area contributed by atoms with Crippen molar-refractivity contribution in [2.45, 2.75) is 26.2 Å². The number of ether oxygens (including phenoxy) is 3. The number of hydrogen-bond acceptors (Lipinski definition) is 7. The summed E-state index contributed by atoms with van der Waals surface area (Å²) < 4.78 is 16.2. The molecule has 1 atom stereocenters. The van der Waals surface area contributed by atoms with Gasteiger partial charge in [-0.1, -0.05) is 32.2 Å². The molecule has 8 nitrogen and oxygen atoms in total. The molecule has 214 valence electrons. The van der Waals surface area contributed by atoms with Gasteiger partial charge in [-0.15, -0.1) is 11.3 Å². The van der Waals surface area contributed by atoms with Crippen LogP contribution in [-0.4, -0.2) is 44.1 Å². The zero-order valence-corrected chi connectivity index (χ0v) is 23.9. The summed E-state index contributed by atoms with van der Waals surface area (Å²) in [5.41, 5.74) is 2.30. The molecule has 1 unspecified atom stereocenters. The molecule has 1 aromatic heterocycles. The molecule has 0 aliphatic heterocycles. The van der Waals surface area contributed by atoms with Gasteiger partial charge in [-0.25, -0.2) is 4.79 Å². The van der Waals surface area contributed by atoms with Crippen molar-refractivity contribution >= 4 is 34.1 Å². The average Bonchev–Trinajstić information content (AvgIpc) is 3.34. The molecule has 0 bridgehead atoms. The Labute approximate surface area is 244 Å². The van der Waals surface area contributed by atoms with Crippen molar-refractivity contribution in [2.75, 3.05) is 31.7 Å². The molecule has 0 fully saturated rings. The zero-order chi connectivity index (χ0) is 29.2. The van der Waals surface area contributed by atoms with Gasteiger partial charge >= 0.3 is 5.97 Å². The number of hydrogen-bond donors (Lipinski definition) is 2. The fourth-order valence-electron chi connectivity index (χ4n) is 4.43. The van der Waals surface area contributed by atoms with Gasteiger partial charge in [-0.05, 0) is 79.3 Å². The molecule has 1 heterocycles. The Bertz CT molecular complexity index is 1390. The van der Waals surface area contributed by atoms with E-state index in [1.54, 1.807) is 60.7 Å². The molecule has 0 saturated heterocycles. The minimum atomic E-state index is -0.495. The van der Waals surface area contributed by atoms with E-state index in [0.717, 1.165) is 29.7 Å². The number of nitrogens with one attached hydrogen (secondary N) is 2. The zero-order valence-electron chi connectivity index (χ0n) is 23.1. The van der Waals surface area contributed by atoms with E-state index < -0.39 is 5.97 Å². The highest BCUT2D eigenvalue weighted by Crippen LogP contribution is 2.40. The number of anilines is 1. The summed E-state index contributed by atoms with van der Waals surface area (Å²) >= 11 is 1.45. The van der Waals surface area contributed by atoms with Crippen molar-refractivity contribution in [1.29, 1.82) is 0 Å². The lowest BCUT2D eigenvalue weighted by atomic mass is 9.88. The monoisotopic (exact) mass is 574 g/mol. The van der Waals surface area contributed by atoms with Crippen LogP contribution in [0.2, 0.25) is 0 Å². The molecule has 2 amide bonds. The SMILES string of the molecule is C=CCOc1ccc(C(=O)Nc2sc3c(c2C(=O)NCCOC(=O)c2ccc(OCC=C)cc2)CCC(C)C3)cc1. The minimum Gasteiger partial charge on any atom is -0.490 e. The summed E-state index contributed by atoms with van der Waals surface area (Å²) in [6, 6.07) is 13.4. The lowest BCUT2D eigenvalue weighted by Gasteiger charge is -2.18. The van der Waals surface area contributed by atoms with Crippen molar-refractivity contribution in [2.24, 2.45) is 5.92 Å². The first-order chi connectivity index (χ1) is 19.9. The molecule has 2 N–H and O–H groups in total. The maximum atomic E-state index is 13.3. The van der Waals surface area contributed by atoms with Crippen LogP contribution in [0.4, 0.5) is 5.00 Å². The Kier molecular flexibility index (Phi) is 10.3. The summed E-state index contributed by atoms with van der Waals surface area (Å²) in [6.07, 6.45) is 5.89. The number of thiophene rings is 1. The lowest BCUT2D eigenvalue weighted by molar-refractivity contribution is 0.0503. The molecule has 3 aromatic rings. The Morgan fingerprint density at radius 2 is 1.54 bits per heavy atom. The van der Waals surface area contributed by atoms with Gasteiger partial charge in [0.15, 0.2) is 0 Å². The smallest absolute Gasteiger partial charge is 0.338 e. The van der Waals surface area contributed by atoms with E-state index >= 15 is 0 Å². The van der Waals surface area contributed by atoms with Gasteiger partial charge < -0.3 is 24.8 Å². The van der Waals surface area contributed by atoms with Crippen LogP contribution in [-0.2, 0) is 17.6 Å². The average molecular weight is 575 g/mol. The number of carbonyl (C=O) groups excluding carboxylic acids is 3. The van der Waals surface area contributed by atoms with Crippen LogP contribution in [0.3, 0.4) is 0 Å². The van der Waals surface area contributed by atoms with Crippen LogP contribution in [0.1, 0.15) is 54.9 Å². The second-order valence-electron chi connectivity index (χ2n) is 9.65. The van der Waals surface area contributed by atoms with Crippen molar-refractivity contribution in [3.8, 4) is 11.5 Å². The maximum Gasteiger partial charge on any atom is 0.338 e. The third-order valence-corrected chi connectivity index (χ3v) is 7.70. The van der Waals surface area contributed by atoms with E-state index in [0.29, 0.717) is 52.3 Å². The van der Waals surface area contributed by atoms with Crippen LogP contribution < -0.4 is 20.1 Å². The fraction of sp³-hybridized carbons (Fsp3) is 0.281. The predicted octanol–water partition coefficient (Wildman–Crippen LogP) is 5.84. The molecule has 0 radical (unpaired) electrons. The third kappa shape index (κ3) is 7.85. The van der Waals surface area contributed by atoms with Gasteiger partial charge in [0.1, 0.15) is 36.3 Å². The molecule has 1 aliphatic carbocycles. The van der Waals surface area contributed by atoms with Crippen LogP contribution in [0, 0.1) is 5.92 Å². The molecule has 0 spiro atoms. The largest absolute Gasteiger partial charge is 0.490 e. The van der Waals surface area contributed by atoms with Crippen molar-refractivity contribution in [3.63, 3.8) is 0 Å². The molecule has 9 heteroatoms. The van der Waals surface area contributed by atoms with Gasteiger partial charge in [0, 0.05) is 10.4 Å². The lowest BCUT2D eigenvalue weighted by Crippen LogP contribution is -2.29. The van der Waals surface area contributed by atoms with E-state index in [1.165, 1.54) is 11.3 Å². The van der Waals surface area contributed by atoms with E-state index in [-0.39, 0.29) is 25.0 Å². The summed E-state index contributed by atoms with van der Waals surface area (Å²) in [6.45, 7) is 10.3. The summed E-state index contributed by atoms with van der Waals surface area (Å²) in [5.74, 6) is 0.657. The van der Waals surface area contributed by atoms with Crippen LogP contribution in [0.5, 0.6) is 11.5 Å². The second-order valence-corrected chi connectivity index (χ2v) is 10.8. The van der Waals surface area contributed by atoms with E-state index in [9.17, 15) is 14.4 Å². The molecule has 2 aromatic carbocycles. The first-order valence-electron chi connectivity index (χ1n) is 13.5. The van der Waals surface area contributed by atoms with Crippen molar-refractivity contribution in [1.82, 2.24) is 5.32 Å². The normalized spacial score (nSPS) is 13.8. The molecule has 4 rings (SSSR count). The fourth-order valence-corrected chi connectivity index (χ4v) is 5.84. The maximum absolute atomic E-state index is 13.3. The Morgan fingerprint density at radius 1 is 0.927 bits per heavy atom. The number of esters is 1. The third-order valence-electron chi connectivity index (χ3n) is 6.53. The molecule has 1 aliphatic rings. The quantitative estimate of drug-likeness (QED) is 0.151. The number of benzene rings is 2. The number of fused-ring (bicyclic) bond motifs is 1. The van der Waals surface area contributed by atoms with Crippen LogP contribution in [0.25, 0.3) is 0 Å². The molecule has 41 heavy (non-hydrogen) atoms. The van der Waals surface area contributed by atoms with Gasteiger partial charge in [-0.2, -0.15) is 0 Å². The highest BCUT2D eigenvalue weighted by Gasteiger charge is 2.28. The second kappa shape index (κ2) is 14.3. The Balaban J connectivity index is 1.38. The predicted molar refractivity (Wildman–Crippen MR) is 160 cm³/mol. The van der Waals surface area contributed by atoms with Crippen molar-refractivity contribution in [3.05, 3.63) is 101 Å². The Morgan fingerprint density at radius 3 is 2.15 bits per heavy atom. The molecule has 0 saturated carbocycles. The summed E-state index contributed by atoms with van der Waals surface area (Å²) in [7, 11) is 0. The van der Waals surface area contributed by atoms with Crippen molar-refractivity contribution < 1.29 is 28.6 Å². The number of rotatable bonds is 13. The highest BCUT2D eigenvalue weighted by atomic mass is 32.1. The van der Waals surface area contributed by atoms with E-state index in [2.05, 4.69) is 30.7 Å². The molecular formula is C32H34N2O6S. The van der Waals surface area contributed by atoms with Crippen LogP contribution >= 0.6 is 11.3 Å². The standard InChI is InChI=1S/C32H34N2O6S/c1-4-17-38-24-11-7-22(8-12-24)29(35)34-31-28(26-15-6-21(3)20-27(26)41-31)30(36)33-16-19-40-32(37)23-9-13-25(14-10-23)39-18-5-2/h4-5,7-14,21H,1-2,6,15-20H2,3H3,(H,33,36)(H,34,35). The number of amides is 2. The van der Waals surface area contributed by atoms with Gasteiger partial charge in [0.25, 0.3) is 11.8 Å². The first-order valence-corrected chi connectivity index (χ1v) is 14.3. The summed E-state index contributed by atoms with van der Waals surface area (Å²) in [4.78, 5) is 39.9. The van der Waals surface area contributed by atoms with Gasteiger partial charge in [0.2, 0.25) is 0 Å². The molecular weight excluding hydrogens is 540 g/mol. The topological polar surface area (TPSA) is 103 Å². The Hall–Kier alpha value is -4.37. The number of carbonyl (C=O) groups is 3.